The lowest BCUT2D eigenvalue weighted by Crippen LogP contribution is -1.99. The highest BCUT2D eigenvalue weighted by molar-refractivity contribution is 6.35. The molecule has 0 spiro atoms. The second-order valence-electron chi connectivity index (χ2n) is 3.93. The van der Waals surface area contributed by atoms with Gasteiger partial charge < -0.3 is 9.73 Å². The van der Waals surface area contributed by atoms with Gasteiger partial charge in [0.05, 0.1) is 23.3 Å². The molecule has 0 saturated heterocycles. The van der Waals surface area contributed by atoms with Gasteiger partial charge in [-0.2, -0.15) is 0 Å². The zero-order chi connectivity index (χ0) is 14.0. The van der Waals surface area contributed by atoms with Crippen molar-refractivity contribution in [3.05, 3.63) is 55.7 Å². The molecule has 100 valence electrons. The molecule has 1 heterocycles. The number of nitro groups is 1. The quantitative estimate of drug-likeness (QED) is 0.670. The minimum absolute atomic E-state index is 0.285. The van der Waals surface area contributed by atoms with Gasteiger partial charge in [-0.3, -0.25) is 10.1 Å². The van der Waals surface area contributed by atoms with E-state index < -0.39 is 4.92 Å². The van der Waals surface area contributed by atoms with E-state index in [1.54, 1.807) is 12.1 Å². The monoisotopic (exact) mass is 300 g/mol. The van der Waals surface area contributed by atoms with Gasteiger partial charge in [-0.25, -0.2) is 0 Å². The lowest BCUT2D eigenvalue weighted by Gasteiger charge is -2.08. The van der Waals surface area contributed by atoms with E-state index in [0.29, 0.717) is 21.5 Å². The molecular weight excluding hydrogens is 291 g/mol. The number of furan rings is 1. The third-order valence-electron chi connectivity index (χ3n) is 2.53. The number of hydrogen-bond donors (Lipinski definition) is 1. The summed E-state index contributed by atoms with van der Waals surface area (Å²) in [5.41, 5.74) is 1.53. The molecule has 0 aliphatic heterocycles. The summed E-state index contributed by atoms with van der Waals surface area (Å²) < 4.78 is 5.02. The van der Waals surface area contributed by atoms with Crippen LogP contribution in [0.1, 0.15) is 11.3 Å². The van der Waals surface area contributed by atoms with E-state index >= 15 is 0 Å². The van der Waals surface area contributed by atoms with Crippen molar-refractivity contribution in [1.82, 2.24) is 0 Å². The van der Waals surface area contributed by atoms with Crippen LogP contribution in [0.5, 0.6) is 0 Å². The summed E-state index contributed by atoms with van der Waals surface area (Å²) in [7, 11) is 0. The first-order valence-electron chi connectivity index (χ1n) is 5.40. The molecule has 7 heteroatoms. The van der Waals surface area contributed by atoms with Gasteiger partial charge in [0.2, 0.25) is 0 Å². The largest absolute Gasteiger partial charge is 0.433 e. The average molecular weight is 301 g/mol. The Bertz CT molecular complexity index is 625. The van der Waals surface area contributed by atoms with Gasteiger partial charge >= 0.3 is 5.88 Å². The van der Waals surface area contributed by atoms with E-state index in [1.807, 2.05) is 6.92 Å². The number of hydrogen-bond acceptors (Lipinski definition) is 4. The standard InChI is InChI=1S/C12H10Cl2N2O3/c1-7-4-10(14)11(5-9(7)13)15-6-8-2-3-12(19-8)16(17)18/h2-5,15H,6H2,1H3. The van der Waals surface area contributed by atoms with Crippen molar-refractivity contribution >= 4 is 34.8 Å². The highest BCUT2D eigenvalue weighted by atomic mass is 35.5. The number of halogens is 2. The molecule has 2 rings (SSSR count). The molecular formula is C12H10Cl2N2O3. The molecule has 0 saturated carbocycles. The topological polar surface area (TPSA) is 68.3 Å². The Kier molecular flexibility index (Phi) is 3.97. The number of aryl methyl sites for hydroxylation is 1. The zero-order valence-electron chi connectivity index (χ0n) is 9.94. The number of nitrogens with one attached hydrogen (secondary N) is 1. The molecule has 19 heavy (non-hydrogen) atoms. The van der Waals surface area contributed by atoms with Crippen molar-refractivity contribution in [3.63, 3.8) is 0 Å². The molecule has 5 nitrogen and oxygen atoms in total. The maximum Gasteiger partial charge on any atom is 0.433 e. The first kappa shape index (κ1) is 13.7. The van der Waals surface area contributed by atoms with Crippen LogP contribution in [0, 0.1) is 17.0 Å². The summed E-state index contributed by atoms with van der Waals surface area (Å²) in [4.78, 5) is 9.89. The van der Waals surface area contributed by atoms with Crippen LogP contribution in [-0.2, 0) is 6.54 Å². The Morgan fingerprint density at radius 2 is 2.05 bits per heavy atom. The molecule has 0 unspecified atom stereocenters. The predicted molar refractivity (Wildman–Crippen MR) is 73.9 cm³/mol. The van der Waals surface area contributed by atoms with Crippen molar-refractivity contribution in [2.75, 3.05) is 5.32 Å². The maximum absolute atomic E-state index is 10.5. The van der Waals surface area contributed by atoms with E-state index in [9.17, 15) is 10.1 Å². The fraction of sp³-hybridized carbons (Fsp3) is 0.167. The fourth-order valence-corrected chi connectivity index (χ4v) is 1.97. The van der Waals surface area contributed by atoms with Crippen molar-refractivity contribution in [2.45, 2.75) is 13.5 Å². The molecule has 0 bridgehead atoms. The minimum Gasteiger partial charge on any atom is -0.404 e. The summed E-state index contributed by atoms with van der Waals surface area (Å²) in [6.45, 7) is 2.14. The van der Waals surface area contributed by atoms with Crippen LogP contribution in [0.4, 0.5) is 11.6 Å². The van der Waals surface area contributed by atoms with Gasteiger partial charge in [0.25, 0.3) is 0 Å². The zero-order valence-corrected chi connectivity index (χ0v) is 11.5. The van der Waals surface area contributed by atoms with Gasteiger partial charge in [0.1, 0.15) is 10.7 Å². The maximum atomic E-state index is 10.5. The smallest absolute Gasteiger partial charge is 0.404 e. The van der Waals surface area contributed by atoms with Gasteiger partial charge in [-0.15, -0.1) is 0 Å². The van der Waals surface area contributed by atoms with Gasteiger partial charge in [-0.1, -0.05) is 23.2 Å². The molecule has 1 N–H and O–H groups in total. The molecule has 1 aromatic carbocycles. The van der Waals surface area contributed by atoms with Gasteiger partial charge in [0.15, 0.2) is 0 Å². The third-order valence-corrected chi connectivity index (χ3v) is 3.25. The van der Waals surface area contributed by atoms with Crippen LogP contribution in [0.2, 0.25) is 10.0 Å². The normalized spacial score (nSPS) is 10.5. The number of anilines is 1. The summed E-state index contributed by atoms with van der Waals surface area (Å²) >= 11 is 12.1. The first-order valence-corrected chi connectivity index (χ1v) is 6.15. The van der Waals surface area contributed by atoms with E-state index in [4.69, 9.17) is 27.6 Å². The van der Waals surface area contributed by atoms with Crippen LogP contribution in [0.3, 0.4) is 0 Å². The van der Waals surface area contributed by atoms with Crippen LogP contribution in [0.25, 0.3) is 0 Å². The van der Waals surface area contributed by atoms with Crippen LogP contribution >= 0.6 is 23.2 Å². The van der Waals surface area contributed by atoms with Crippen molar-refractivity contribution in [2.24, 2.45) is 0 Å². The number of rotatable bonds is 4. The van der Waals surface area contributed by atoms with Gasteiger partial charge in [-0.05, 0) is 30.7 Å². The van der Waals surface area contributed by atoms with Crippen molar-refractivity contribution < 1.29 is 9.34 Å². The SMILES string of the molecule is Cc1cc(Cl)c(NCc2ccc([N+](=O)[O-])o2)cc1Cl. The van der Waals surface area contributed by atoms with Crippen LogP contribution in [0.15, 0.2) is 28.7 Å². The second-order valence-corrected chi connectivity index (χ2v) is 4.75. The minimum atomic E-state index is -0.584. The second kappa shape index (κ2) is 5.50. The third kappa shape index (κ3) is 3.19. The lowest BCUT2D eigenvalue weighted by atomic mass is 10.2. The molecule has 0 atom stereocenters. The molecule has 1 aromatic heterocycles. The summed E-state index contributed by atoms with van der Waals surface area (Å²) in [5.74, 6) is 0.157. The molecule has 0 amide bonds. The Labute approximate surface area is 119 Å². The van der Waals surface area contributed by atoms with Crippen molar-refractivity contribution in [1.29, 1.82) is 0 Å². The molecule has 0 aliphatic rings. The van der Waals surface area contributed by atoms with E-state index in [0.717, 1.165) is 5.56 Å². The van der Waals surface area contributed by atoms with Crippen LogP contribution < -0.4 is 5.32 Å². The van der Waals surface area contributed by atoms with Crippen molar-refractivity contribution in [3.8, 4) is 0 Å². The fourth-order valence-electron chi connectivity index (χ4n) is 1.52. The summed E-state index contributed by atoms with van der Waals surface area (Å²) in [6.07, 6.45) is 0. The molecule has 2 aromatic rings. The summed E-state index contributed by atoms with van der Waals surface area (Å²) in [6, 6.07) is 6.29. The summed E-state index contributed by atoms with van der Waals surface area (Å²) in [5, 5.41) is 14.6. The Morgan fingerprint density at radius 1 is 1.32 bits per heavy atom. The number of benzene rings is 1. The van der Waals surface area contributed by atoms with E-state index in [2.05, 4.69) is 5.32 Å². The highest BCUT2D eigenvalue weighted by Gasteiger charge is 2.12. The average Bonchev–Trinajstić information content (AvgIpc) is 2.81. The Balaban J connectivity index is 2.09. The molecule has 0 radical (unpaired) electrons. The molecule has 0 aliphatic carbocycles. The van der Waals surface area contributed by atoms with Crippen LogP contribution in [-0.4, -0.2) is 4.92 Å². The van der Waals surface area contributed by atoms with Gasteiger partial charge in [0, 0.05) is 5.02 Å². The lowest BCUT2D eigenvalue weighted by molar-refractivity contribution is -0.402. The predicted octanol–water partition coefficient (Wildman–Crippen LogP) is 4.42. The first-order chi connectivity index (χ1) is 8.97. The Morgan fingerprint density at radius 3 is 2.68 bits per heavy atom. The van der Waals surface area contributed by atoms with E-state index in [1.165, 1.54) is 12.1 Å². The Hall–Kier alpha value is -1.72. The van der Waals surface area contributed by atoms with E-state index in [-0.39, 0.29) is 12.4 Å². The molecule has 0 fully saturated rings. The highest BCUT2D eigenvalue weighted by Crippen LogP contribution is 2.29. The number of nitrogens with zero attached hydrogens (tertiary/aromatic N) is 1.